The van der Waals surface area contributed by atoms with Gasteiger partial charge in [-0.3, -0.25) is 9.69 Å². The fourth-order valence-electron chi connectivity index (χ4n) is 7.53. The second kappa shape index (κ2) is 14.3. The molecule has 0 bridgehead atoms. The molecule has 0 aliphatic carbocycles. The van der Waals surface area contributed by atoms with E-state index in [4.69, 9.17) is 4.74 Å². The van der Waals surface area contributed by atoms with Gasteiger partial charge in [0.2, 0.25) is 0 Å². The Morgan fingerprint density at radius 3 is 2.26 bits per heavy atom. The minimum absolute atomic E-state index is 0.0259. The number of hydrogen-bond donors (Lipinski definition) is 3. The Balaban J connectivity index is 1.10. The average molecular weight is 633 g/mol. The van der Waals surface area contributed by atoms with E-state index < -0.39 is 12.2 Å². The number of nitrogens with zero attached hydrogens (tertiary/aromatic N) is 4. The quantitative estimate of drug-likeness (QED) is 0.446. The van der Waals surface area contributed by atoms with Gasteiger partial charge in [0, 0.05) is 70.0 Å². The van der Waals surface area contributed by atoms with Crippen molar-refractivity contribution in [1.82, 2.24) is 24.9 Å². The van der Waals surface area contributed by atoms with Crippen molar-refractivity contribution in [2.75, 3.05) is 64.2 Å². The first-order valence-electron chi connectivity index (χ1n) is 16.9. The van der Waals surface area contributed by atoms with Crippen LogP contribution in [0.4, 0.5) is 15.3 Å². The highest BCUT2D eigenvalue weighted by atomic mass is 16.6. The van der Waals surface area contributed by atoms with Crippen molar-refractivity contribution in [1.29, 1.82) is 0 Å². The summed E-state index contributed by atoms with van der Waals surface area (Å²) in [5, 5.41) is 16.8. The summed E-state index contributed by atoms with van der Waals surface area (Å²) < 4.78 is 6.04. The molecular weight excluding hydrogens is 584 g/mol. The number of aryl methyl sites for hydroxylation is 2. The molecule has 0 unspecified atom stereocenters. The number of phenolic OH excluding ortho intramolecular Hbond substituents is 1. The number of para-hydroxylation sites is 1. The number of piperidine rings is 2. The van der Waals surface area contributed by atoms with Gasteiger partial charge in [-0.15, -0.1) is 0 Å². The summed E-state index contributed by atoms with van der Waals surface area (Å²) in [6.07, 6.45) is 3.15. The highest BCUT2D eigenvalue weighted by Crippen LogP contribution is 2.27. The fourth-order valence-corrected chi connectivity index (χ4v) is 7.53. The molecule has 11 heteroatoms. The maximum atomic E-state index is 14.0. The van der Waals surface area contributed by atoms with Crippen LogP contribution in [0.2, 0.25) is 0 Å². The van der Waals surface area contributed by atoms with Crippen LogP contribution < -0.4 is 10.6 Å². The zero-order valence-corrected chi connectivity index (χ0v) is 27.2. The maximum Gasteiger partial charge on any atom is 0.410 e. The van der Waals surface area contributed by atoms with E-state index in [2.05, 4.69) is 15.5 Å². The van der Waals surface area contributed by atoms with E-state index in [-0.39, 0.29) is 30.2 Å². The molecule has 4 amide bonds. The molecule has 248 valence electrons. The van der Waals surface area contributed by atoms with Crippen LogP contribution in [0.15, 0.2) is 36.4 Å². The smallest absolute Gasteiger partial charge is 0.410 e. The fraction of sp³-hybridized carbons (Fsp3) is 0.571. The number of carbonyl (C=O) groups excluding carboxylic acids is 3. The lowest BCUT2D eigenvalue weighted by atomic mass is 9.99. The molecule has 3 N–H and O–H groups in total. The van der Waals surface area contributed by atoms with Crippen LogP contribution in [0.3, 0.4) is 0 Å². The minimum atomic E-state index is -0.981. The van der Waals surface area contributed by atoms with Gasteiger partial charge in [0.1, 0.15) is 5.75 Å². The Morgan fingerprint density at radius 2 is 1.57 bits per heavy atom. The monoisotopic (exact) mass is 632 g/mol. The van der Waals surface area contributed by atoms with E-state index in [1.807, 2.05) is 55.1 Å². The van der Waals surface area contributed by atoms with Crippen molar-refractivity contribution in [3.8, 4) is 5.75 Å². The summed E-state index contributed by atoms with van der Waals surface area (Å²) in [6.45, 7) is 10.1. The molecule has 3 saturated heterocycles. The van der Waals surface area contributed by atoms with Crippen molar-refractivity contribution in [3.63, 3.8) is 0 Å². The summed E-state index contributed by atoms with van der Waals surface area (Å²) in [5.41, 5.74) is 4.27. The van der Waals surface area contributed by atoms with Crippen LogP contribution in [-0.4, -0.2) is 120 Å². The second-order valence-corrected chi connectivity index (χ2v) is 13.2. The molecular formula is C35H48N6O5. The van der Waals surface area contributed by atoms with Crippen molar-refractivity contribution >= 4 is 23.7 Å². The molecule has 4 aliphatic rings. The van der Waals surface area contributed by atoms with Gasteiger partial charge in [-0.25, -0.2) is 9.59 Å². The molecule has 1 atom stereocenters. The molecule has 3 fully saturated rings. The predicted octanol–water partition coefficient (Wildman–Crippen LogP) is 3.51. The van der Waals surface area contributed by atoms with Gasteiger partial charge >= 0.3 is 12.1 Å². The number of fused-ring (bicyclic) bond motifs is 1. The standard InChI is InChI=1S/C35H48N6O5/c1-24-21-26(22-25(2)32(24)42)23-31(46-35(45)40-19-17-38(18-20-40)28-7-12-36-13-8-28)33(43)39-14-10-29(11-15-39)41-16-9-27-5-3-4-6-30(27)37-34(41)44/h3-6,21-22,28-29,31,36,42H,7-20,23H2,1-2H3,(H,37,44)/t31-/m1/s1. The molecule has 4 heterocycles. The number of carbonyl (C=O) groups is 3. The highest BCUT2D eigenvalue weighted by molar-refractivity contribution is 5.91. The molecule has 0 radical (unpaired) electrons. The largest absolute Gasteiger partial charge is 0.507 e. The lowest BCUT2D eigenvalue weighted by Gasteiger charge is -2.41. The molecule has 0 spiro atoms. The lowest BCUT2D eigenvalue weighted by Crippen LogP contribution is -2.55. The third kappa shape index (κ3) is 7.25. The number of hydrogen-bond acceptors (Lipinski definition) is 7. The second-order valence-electron chi connectivity index (χ2n) is 13.2. The Kier molecular flexibility index (Phi) is 9.98. The molecule has 0 saturated carbocycles. The SMILES string of the molecule is Cc1cc(C[C@@H](OC(=O)N2CCN(C3CCNCC3)CC2)C(=O)N2CCC(N3CCc4ccccc4NC3=O)CC2)cc(C)c1O. The van der Waals surface area contributed by atoms with Gasteiger partial charge in [0.25, 0.3) is 5.91 Å². The van der Waals surface area contributed by atoms with Gasteiger partial charge in [-0.1, -0.05) is 30.3 Å². The number of benzene rings is 2. The number of aromatic hydroxyl groups is 1. The van der Waals surface area contributed by atoms with Crippen LogP contribution in [0, 0.1) is 13.8 Å². The molecule has 6 rings (SSSR count). The molecule has 2 aromatic carbocycles. The molecule has 0 aromatic heterocycles. The summed E-state index contributed by atoms with van der Waals surface area (Å²) in [6, 6.07) is 12.1. The summed E-state index contributed by atoms with van der Waals surface area (Å²) in [7, 11) is 0. The zero-order valence-electron chi connectivity index (χ0n) is 27.2. The number of piperazine rings is 1. The normalized spacial score (nSPS) is 20.9. The molecule has 11 nitrogen and oxygen atoms in total. The van der Waals surface area contributed by atoms with E-state index >= 15 is 0 Å². The van der Waals surface area contributed by atoms with Crippen molar-refractivity contribution in [3.05, 3.63) is 58.7 Å². The van der Waals surface area contributed by atoms with Crippen molar-refractivity contribution in [2.24, 2.45) is 0 Å². The van der Waals surface area contributed by atoms with Crippen LogP contribution in [0.5, 0.6) is 5.75 Å². The number of amides is 4. The van der Waals surface area contributed by atoms with Crippen LogP contribution in [-0.2, 0) is 22.4 Å². The number of urea groups is 1. The summed E-state index contributed by atoms with van der Waals surface area (Å²) >= 11 is 0. The predicted molar refractivity (Wildman–Crippen MR) is 176 cm³/mol. The first-order valence-corrected chi connectivity index (χ1v) is 16.9. The van der Waals surface area contributed by atoms with Gasteiger partial charge in [-0.2, -0.15) is 0 Å². The zero-order chi connectivity index (χ0) is 32.2. The van der Waals surface area contributed by atoms with Crippen molar-refractivity contribution < 1.29 is 24.2 Å². The van der Waals surface area contributed by atoms with Gasteiger partial charge < -0.3 is 35.2 Å². The Morgan fingerprint density at radius 1 is 0.891 bits per heavy atom. The number of ether oxygens (including phenoxy) is 1. The van der Waals surface area contributed by atoms with E-state index in [0.717, 1.165) is 73.4 Å². The minimum Gasteiger partial charge on any atom is -0.507 e. The Bertz CT molecular complexity index is 1390. The number of likely N-dealkylation sites (tertiary alicyclic amines) is 1. The van der Waals surface area contributed by atoms with Crippen LogP contribution in [0.1, 0.15) is 47.9 Å². The van der Waals surface area contributed by atoms with E-state index in [0.29, 0.717) is 51.6 Å². The van der Waals surface area contributed by atoms with Gasteiger partial charge in [0.15, 0.2) is 6.10 Å². The van der Waals surface area contributed by atoms with E-state index in [1.165, 1.54) is 0 Å². The van der Waals surface area contributed by atoms with Crippen LogP contribution >= 0.6 is 0 Å². The first-order chi connectivity index (χ1) is 22.3. The average Bonchev–Trinajstić information content (AvgIpc) is 3.25. The summed E-state index contributed by atoms with van der Waals surface area (Å²) in [4.78, 5) is 48.5. The van der Waals surface area contributed by atoms with E-state index in [9.17, 15) is 19.5 Å². The number of rotatable bonds is 6. The number of anilines is 1. The van der Waals surface area contributed by atoms with Gasteiger partial charge in [0.05, 0.1) is 0 Å². The third-order valence-electron chi connectivity index (χ3n) is 10.2. The highest BCUT2D eigenvalue weighted by Gasteiger charge is 2.36. The molecule has 2 aromatic rings. The molecule has 46 heavy (non-hydrogen) atoms. The Hall–Kier alpha value is -3.83. The number of nitrogens with one attached hydrogen (secondary N) is 2. The first kappa shape index (κ1) is 32.1. The topological polar surface area (TPSA) is 118 Å². The van der Waals surface area contributed by atoms with E-state index in [1.54, 1.807) is 9.80 Å². The number of phenols is 1. The van der Waals surface area contributed by atoms with Crippen molar-refractivity contribution in [2.45, 2.75) is 70.6 Å². The lowest BCUT2D eigenvalue weighted by molar-refractivity contribution is -0.142. The maximum absolute atomic E-state index is 14.0. The Labute approximate surface area is 271 Å². The molecule has 4 aliphatic heterocycles. The summed E-state index contributed by atoms with van der Waals surface area (Å²) in [5.74, 6) is 0.0224. The third-order valence-corrected chi connectivity index (χ3v) is 10.2. The van der Waals surface area contributed by atoms with Gasteiger partial charge in [-0.05, 0) is 87.4 Å². The van der Waals surface area contributed by atoms with Crippen LogP contribution in [0.25, 0.3) is 0 Å².